The predicted molar refractivity (Wildman–Crippen MR) is 78.7 cm³/mol. The standard InChI is InChI=1S/C17H22FNO2/c18-15-10-12(7-8-14(15)17(20)21)11-19-9-3-5-13-4-1-2-6-16(13)19/h7-8,10,13,16H,1-6,9,11H2,(H,20,21)/t13-,16-/m1/s1. The van der Waals surface area contributed by atoms with E-state index < -0.39 is 11.8 Å². The summed E-state index contributed by atoms with van der Waals surface area (Å²) in [5.74, 6) is -1.03. The van der Waals surface area contributed by atoms with Crippen LogP contribution in [-0.2, 0) is 6.54 Å². The minimum absolute atomic E-state index is 0.243. The number of halogens is 1. The summed E-state index contributed by atoms with van der Waals surface area (Å²) < 4.78 is 13.8. The monoisotopic (exact) mass is 291 g/mol. The van der Waals surface area contributed by atoms with E-state index in [1.54, 1.807) is 6.07 Å². The molecule has 0 aromatic heterocycles. The summed E-state index contributed by atoms with van der Waals surface area (Å²) in [6, 6.07) is 5.15. The van der Waals surface area contributed by atoms with Crippen molar-refractivity contribution in [1.82, 2.24) is 4.90 Å². The van der Waals surface area contributed by atoms with E-state index in [-0.39, 0.29) is 5.56 Å². The minimum Gasteiger partial charge on any atom is -0.478 e. The van der Waals surface area contributed by atoms with Crippen LogP contribution in [0.15, 0.2) is 18.2 Å². The lowest BCUT2D eigenvalue weighted by Crippen LogP contribution is -2.46. The van der Waals surface area contributed by atoms with Gasteiger partial charge in [-0.15, -0.1) is 0 Å². The second-order valence-electron chi connectivity index (χ2n) is 6.34. The first-order valence-corrected chi connectivity index (χ1v) is 7.91. The number of carboxylic acids is 1. The molecule has 1 saturated carbocycles. The zero-order valence-electron chi connectivity index (χ0n) is 12.2. The van der Waals surface area contributed by atoms with Gasteiger partial charge in [0.05, 0.1) is 5.56 Å². The quantitative estimate of drug-likeness (QED) is 0.923. The molecule has 1 aromatic rings. The molecule has 3 nitrogen and oxygen atoms in total. The molecular formula is C17H22FNO2. The van der Waals surface area contributed by atoms with Gasteiger partial charge in [-0.25, -0.2) is 9.18 Å². The number of benzene rings is 1. The van der Waals surface area contributed by atoms with Crippen molar-refractivity contribution in [2.24, 2.45) is 5.92 Å². The first-order valence-electron chi connectivity index (χ1n) is 7.91. The summed E-state index contributed by atoms with van der Waals surface area (Å²) >= 11 is 0. The van der Waals surface area contributed by atoms with Gasteiger partial charge in [0.15, 0.2) is 0 Å². The number of rotatable bonds is 3. The lowest BCUT2D eigenvalue weighted by molar-refractivity contribution is 0.0546. The molecule has 0 spiro atoms. The summed E-state index contributed by atoms with van der Waals surface area (Å²) in [5.41, 5.74) is 0.636. The average Bonchev–Trinajstić information content (AvgIpc) is 2.47. The first kappa shape index (κ1) is 14.5. The number of nitrogens with zero attached hydrogens (tertiary/aromatic N) is 1. The molecule has 0 amide bonds. The molecule has 21 heavy (non-hydrogen) atoms. The van der Waals surface area contributed by atoms with E-state index in [1.807, 2.05) is 0 Å². The maximum Gasteiger partial charge on any atom is 0.338 e. The third-order valence-corrected chi connectivity index (χ3v) is 5.01. The molecule has 0 radical (unpaired) electrons. The first-order chi connectivity index (χ1) is 10.1. The number of aromatic carboxylic acids is 1. The summed E-state index contributed by atoms with van der Waals surface area (Å²) in [5, 5.41) is 8.88. The second-order valence-corrected chi connectivity index (χ2v) is 6.34. The highest BCUT2D eigenvalue weighted by molar-refractivity contribution is 5.87. The molecular weight excluding hydrogens is 269 g/mol. The number of carbonyl (C=O) groups is 1. The molecule has 2 atom stereocenters. The number of carboxylic acid groups (broad SMARTS) is 1. The summed E-state index contributed by atoms with van der Waals surface area (Å²) in [6.45, 7) is 1.81. The summed E-state index contributed by atoms with van der Waals surface area (Å²) in [7, 11) is 0. The van der Waals surface area contributed by atoms with Crippen molar-refractivity contribution in [2.75, 3.05) is 6.54 Å². The van der Waals surface area contributed by atoms with Crippen LogP contribution in [0.3, 0.4) is 0 Å². The van der Waals surface area contributed by atoms with Crippen LogP contribution in [0, 0.1) is 11.7 Å². The second kappa shape index (κ2) is 6.14. The van der Waals surface area contributed by atoms with Crippen LogP contribution in [0.2, 0.25) is 0 Å². The summed E-state index contributed by atoms with van der Waals surface area (Å²) in [4.78, 5) is 13.3. The smallest absolute Gasteiger partial charge is 0.338 e. The van der Waals surface area contributed by atoms with Crippen molar-refractivity contribution >= 4 is 5.97 Å². The molecule has 1 aliphatic carbocycles. The van der Waals surface area contributed by atoms with Gasteiger partial charge in [0.2, 0.25) is 0 Å². The van der Waals surface area contributed by atoms with Gasteiger partial charge < -0.3 is 5.11 Å². The van der Waals surface area contributed by atoms with Gasteiger partial charge in [-0.05, 0) is 55.8 Å². The lowest BCUT2D eigenvalue weighted by Gasteiger charge is -2.44. The Labute approximate surface area is 124 Å². The van der Waals surface area contributed by atoms with Crippen LogP contribution >= 0.6 is 0 Å². The van der Waals surface area contributed by atoms with Crippen LogP contribution in [0.5, 0.6) is 0 Å². The zero-order chi connectivity index (χ0) is 14.8. The largest absolute Gasteiger partial charge is 0.478 e. The fourth-order valence-corrected chi connectivity index (χ4v) is 3.99. The number of hydrogen-bond acceptors (Lipinski definition) is 2. The number of likely N-dealkylation sites (tertiary alicyclic amines) is 1. The molecule has 0 bridgehead atoms. The number of hydrogen-bond donors (Lipinski definition) is 1. The van der Waals surface area contributed by atoms with Crippen molar-refractivity contribution in [2.45, 2.75) is 51.1 Å². The van der Waals surface area contributed by atoms with Gasteiger partial charge in [0.1, 0.15) is 5.82 Å². The topological polar surface area (TPSA) is 40.5 Å². The van der Waals surface area contributed by atoms with E-state index in [9.17, 15) is 9.18 Å². The molecule has 3 rings (SSSR count). The molecule has 1 N–H and O–H groups in total. The molecule has 1 saturated heterocycles. The average molecular weight is 291 g/mol. The van der Waals surface area contributed by atoms with Crippen molar-refractivity contribution < 1.29 is 14.3 Å². The van der Waals surface area contributed by atoms with Crippen molar-refractivity contribution in [3.8, 4) is 0 Å². The van der Waals surface area contributed by atoms with Crippen molar-refractivity contribution in [3.05, 3.63) is 35.1 Å². The fraction of sp³-hybridized carbons (Fsp3) is 0.588. The van der Waals surface area contributed by atoms with E-state index in [0.29, 0.717) is 6.04 Å². The van der Waals surface area contributed by atoms with Gasteiger partial charge in [-0.1, -0.05) is 18.9 Å². The Kier molecular flexibility index (Phi) is 4.24. The van der Waals surface area contributed by atoms with E-state index in [2.05, 4.69) is 4.90 Å². The Hall–Kier alpha value is -1.42. The zero-order valence-corrected chi connectivity index (χ0v) is 12.2. The van der Waals surface area contributed by atoms with Crippen LogP contribution < -0.4 is 0 Å². The molecule has 1 heterocycles. The van der Waals surface area contributed by atoms with E-state index >= 15 is 0 Å². The van der Waals surface area contributed by atoms with Crippen molar-refractivity contribution in [3.63, 3.8) is 0 Å². The predicted octanol–water partition coefficient (Wildman–Crippen LogP) is 3.68. The highest BCUT2D eigenvalue weighted by Gasteiger charge is 2.33. The van der Waals surface area contributed by atoms with Crippen LogP contribution in [0.25, 0.3) is 0 Å². The maximum absolute atomic E-state index is 13.8. The normalized spacial score (nSPS) is 26.3. The third kappa shape index (κ3) is 3.10. The van der Waals surface area contributed by atoms with Gasteiger partial charge in [0, 0.05) is 12.6 Å². The number of fused-ring (bicyclic) bond motifs is 1. The highest BCUT2D eigenvalue weighted by atomic mass is 19.1. The minimum atomic E-state index is -1.20. The van der Waals surface area contributed by atoms with Crippen LogP contribution in [0.1, 0.15) is 54.4 Å². The van der Waals surface area contributed by atoms with Gasteiger partial charge in [0.25, 0.3) is 0 Å². The Balaban J connectivity index is 1.73. The highest BCUT2D eigenvalue weighted by Crippen LogP contribution is 2.35. The van der Waals surface area contributed by atoms with E-state index in [4.69, 9.17) is 5.11 Å². The Morgan fingerprint density at radius 3 is 2.76 bits per heavy atom. The van der Waals surface area contributed by atoms with Crippen molar-refractivity contribution in [1.29, 1.82) is 0 Å². The third-order valence-electron chi connectivity index (χ3n) is 5.01. The van der Waals surface area contributed by atoms with Crippen LogP contribution in [0.4, 0.5) is 4.39 Å². The fourth-order valence-electron chi connectivity index (χ4n) is 3.99. The van der Waals surface area contributed by atoms with Gasteiger partial charge >= 0.3 is 5.97 Å². The van der Waals surface area contributed by atoms with Crippen LogP contribution in [-0.4, -0.2) is 28.6 Å². The lowest BCUT2D eigenvalue weighted by atomic mass is 9.78. The molecule has 2 fully saturated rings. The molecule has 114 valence electrons. The van der Waals surface area contributed by atoms with E-state index in [0.717, 1.165) is 24.6 Å². The Bertz CT molecular complexity index is 530. The molecule has 0 unspecified atom stereocenters. The Morgan fingerprint density at radius 2 is 2.00 bits per heavy atom. The SMILES string of the molecule is O=C(O)c1ccc(CN2CCC[C@H]3CCCC[C@H]32)cc1F. The van der Waals surface area contributed by atoms with E-state index in [1.165, 1.54) is 50.7 Å². The van der Waals surface area contributed by atoms with Gasteiger partial charge in [-0.3, -0.25) is 4.90 Å². The maximum atomic E-state index is 13.8. The number of piperidine rings is 1. The summed E-state index contributed by atoms with van der Waals surface area (Å²) in [6.07, 6.45) is 7.76. The molecule has 2 aliphatic rings. The van der Waals surface area contributed by atoms with Gasteiger partial charge in [-0.2, -0.15) is 0 Å². The molecule has 1 aliphatic heterocycles. The Morgan fingerprint density at radius 1 is 1.24 bits per heavy atom. The molecule has 1 aromatic carbocycles. The molecule has 4 heteroatoms.